The summed E-state index contributed by atoms with van der Waals surface area (Å²) in [6.07, 6.45) is 2.48. The van der Waals surface area contributed by atoms with E-state index in [0.717, 1.165) is 11.6 Å². The van der Waals surface area contributed by atoms with Crippen molar-refractivity contribution in [2.75, 3.05) is 13.7 Å². The molecule has 1 aliphatic heterocycles. The second-order valence-corrected chi connectivity index (χ2v) is 4.19. The molecule has 1 aromatic heterocycles. The van der Waals surface area contributed by atoms with E-state index in [4.69, 9.17) is 4.74 Å². The minimum absolute atomic E-state index is 0.488. The summed E-state index contributed by atoms with van der Waals surface area (Å²) in [5, 5.41) is 6.64. The van der Waals surface area contributed by atoms with Gasteiger partial charge in [-0.25, -0.2) is 4.98 Å². The highest BCUT2D eigenvalue weighted by atomic mass is 32.1. The molecule has 72 valence electrons. The first-order valence-electron chi connectivity index (χ1n) is 4.57. The zero-order valence-corrected chi connectivity index (χ0v) is 8.56. The molecular formula is C9H14N2OS. The normalized spacial score (nSPS) is 22.4. The average molecular weight is 198 g/mol. The third-order valence-corrected chi connectivity index (χ3v) is 3.10. The first kappa shape index (κ1) is 9.12. The summed E-state index contributed by atoms with van der Waals surface area (Å²) in [7, 11) is 1.70. The molecule has 0 saturated carbocycles. The highest BCUT2D eigenvalue weighted by Crippen LogP contribution is 2.24. The lowest BCUT2D eigenvalue weighted by molar-refractivity contribution is 0.184. The van der Waals surface area contributed by atoms with Crippen molar-refractivity contribution < 1.29 is 4.74 Å². The number of aromatic nitrogens is 1. The van der Waals surface area contributed by atoms with E-state index in [9.17, 15) is 0 Å². The Morgan fingerprint density at radius 3 is 3.38 bits per heavy atom. The largest absolute Gasteiger partial charge is 0.378 e. The Kier molecular flexibility index (Phi) is 2.93. The van der Waals surface area contributed by atoms with Gasteiger partial charge in [0.05, 0.1) is 18.3 Å². The summed E-state index contributed by atoms with van der Waals surface area (Å²) < 4.78 is 5.03. The van der Waals surface area contributed by atoms with Crippen molar-refractivity contribution in [3.63, 3.8) is 0 Å². The van der Waals surface area contributed by atoms with E-state index in [1.165, 1.54) is 18.5 Å². The lowest BCUT2D eigenvalue weighted by Crippen LogP contribution is -2.13. The SMILES string of the molecule is COCc1nc([C@H]2CCCN2)cs1. The second kappa shape index (κ2) is 4.17. The fourth-order valence-corrected chi connectivity index (χ4v) is 2.43. The standard InChI is InChI=1S/C9H14N2OS/c1-12-5-9-11-8(6-13-9)7-3-2-4-10-7/h6-7,10H,2-5H2,1H3/t7-/m1/s1. The van der Waals surface area contributed by atoms with E-state index >= 15 is 0 Å². The van der Waals surface area contributed by atoms with Crippen molar-refractivity contribution in [1.82, 2.24) is 10.3 Å². The average Bonchev–Trinajstić information content (AvgIpc) is 2.70. The van der Waals surface area contributed by atoms with E-state index in [1.54, 1.807) is 18.4 Å². The zero-order chi connectivity index (χ0) is 9.10. The van der Waals surface area contributed by atoms with Crippen molar-refractivity contribution in [1.29, 1.82) is 0 Å². The quantitative estimate of drug-likeness (QED) is 0.803. The third kappa shape index (κ3) is 2.07. The molecule has 1 atom stereocenters. The minimum atomic E-state index is 0.488. The molecule has 1 aliphatic rings. The Labute approximate surface area is 82.1 Å². The third-order valence-electron chi connectivity index (χ3n) is 2.25. The van der Waals surface area contributed by atoms with E-state index in [-0.39, 0.29) is 0 Å². The van der Waals surface area contributed by atoms with Gasteiger partial charge in [0.2, 0.25) is 0 Å². The Bertz CT molecular complexity index is 268. The molecule has 4 heteroatoms. The number of hydrogen-bond donors (Lipinski definition) is 1. The van der Waals surface area contributed by atoms with Gasteiger partial charge in [0.25, 0.3) is 0 Å². The number of rotatable bonds is 3. The van der Waals surface area contributed by atoms with E-state index in [1.807, 2.05) is 0 Å². The van der Waals surface area contributed by atoms with Crippen LogP contribution in [0.25, 0.3) is 0 Å². The zero-order valence-electron chi connectivity index (χ0n) is 7.75. The first-order valence-corrected chi connectivity index (χ1v) is 5.44. The summed E-state index contributed by atoms with van der Waals surface area (Å²) >= 11 is 1.68. The fourth-order valence-electron chi connectivity index (χ4n) is 1.61. The number of hydrogen-bond acceptors (Lipinski definition) is 4. The van der Waals surface area contributed by atoms with Crippen LogP contribution in [0.3, 0.4) is 0 Å². The van der Waals surface area contributed by atoms with Gasteiger partial charge >= 0.3 is 0 Å². The van der Waals surface area contributed by atoms with Gasteiger partial charge in [-0.05, 0) is 19.4 Å². The smallest absolute Gasteiger partial charge is 0.119 e. The molecule has 0 bridgehead atoms. The fraction of sp³-hybridized carbons (Fsp3) is 0.667. The topological polar surface area (TPSA) is 34.1 Å². The van der Waals surface area contributed by atoms with Crippen LogP contribution in [0, 0.1) is 0 Å². The highest BCUT2D eigenvalue weighted by Gasteiger charge is 2.18. The van der Waals surface area contributed by atoms with E-state index < -0.39 is 0 Å². The maximum Gasteiger partial charge on any atom is 0.119 e. The molecule has 3 nitrogen and oxygen atoms in total. The van der Waals surface area contributed by atoms with Crippen molar-refractivity contribution in [3.05, 3.63) is 16.1 Å². The molecule has 1 aromatic rings. The van der Waals surface area contributed by atoms with Gasteiger partial charge in [0, 0.05) is 12.5 Å². The van der Waals surface area contributed by atoms with Crippen LogP contribution in [0.2, 0.25) is 0 Å². The van der Waals surface area contributed by atoms with Crippen LogP contribution in [0.1, 0.15) is 29.6 Å². The Balaban J connectivity index is 2.03. The molecule has 0 aliphatic carbocycles. The molecular weight excluding hydrogens is 184 g/mol. The van der Waals surface area contributed by atoms with E-state index in [2.05, 4.69) is 15.7 Å². The van der Waals surface area contributed by atoms with Crippen LogP contribution < -0.4 is 5.32 Å². The van der Waals surface area contributed by atoms with Crippen LogP contribution >= 0.6 is 11.3 Å². The van der Waals surface area contributed by atoms with Crippen molar-refractivity contribution in [2.24, 2.45) is 0 Å². The predicted octanol–water partition coefficient (Wildman–Crippen LogP) is 1.71. The van der Waals surface area contributed by atoms with Gasteiger partial charge in [0.1, 0.15) is 5.01 Å². The number of methoxy groups -OCH3 is 1. The van der Waals surface area contributed by atoms with Crippen molar-refractivity contribution in [2.45, 2.75) is 25.5 Å². The summed E-state index contributed by atoms with van der Waals surface area (Å²) in [5.41, 5.74) is 1.19. The summed E-state index contributed by atoms with van der Waals surface area (Å²) in [6.45, 7) is 1.76. The van der Waals surface area contributed by atoms with Crippen LogP contribution in [-0.2, 0) is 11.3 Å². The van der Waals surface area contributed by atoms with Crippen LogP contribution in [0.5, 0.6) is 0 Å². The Morgan fingerprint density at radius 1 is 1.77 bits per heavy atom. The molecule has 2 heterocycles. The monoisotopic (exact) mass is 198 g/mol. The van der Waals surface area contributed by atoms with Gasteiger partial charge in [-0.2, -0.15) is 0 Å². The number of ether oxygens (including phenoxy) is 1. The summed E-state index contributed by atoms with van der Waals surface area (Å²) in [5.74, 6) is 0. The van der Waals surface area contributed by atoms with Gasteiger partial charge < -0.3 is 10.1 Å². The number of nitrogens with zero attached hydrogens (tertiary/aromatic N) is 1. The van der Waals surface area contributed by atoms with Crippen molar-refractivity contribution >= 4 is 11.3 Å². The van der Waals surface area contributed by atoms with Gasteiger partial charge in [-0.1, -0.05) is 0 Å². The molecule has 0 spiro atoms. The molecule has 0 amide bonds. The maximum absolute atomic E-state index is 5.03. The predicted molar refractivity (Wildman–Crippen MR) is 52.8 cm³/mol. The number of thiazole rings is 1. The Hall–Kier alpha value is -0.450. The maximum atomic E-state index is 5.03. The molecule has 1 saturated heterocycles. The van der Waals surface area contributed by atoms with Crippen LogP contribution in [-0.4, -0.2) is 18.6 Å². The van der Waals surface area contributed by atoms with Crippen LogP contribution in [0.4, 0.5) is 0 Å². The number of nitrogens with one attached hydrogen (secondary N) is 1. The molecule has 1 fully saturated rings. The molecule has 0 unspecified atom stereocenters. The first-order chi connectivity index (χ1) is 6.40. The lowest BCUT2D eigenvalue weighted by atomic mass is 10.2. The minimum Gasteiger partial charge on any atom is -0.378 e. The molecule has 2 rings (SSSR count). The second-order valence-electron chi connectivity index (χ2n) is 3.25. The Morgan fingerprint density at radius 2 is 2.69 bits per heavy atom. The van der Waals surface area contributed by atoms with E-state index in [0.29, 0.717) is 12.6 Å². The lowest BCUT2D eigenvalue weighted by Gasteiger charge is -2.04. The highest BCUT2D eigenvalue weighted by molar-refractivity contribution is 7.09. The summed E-state index contributed by atoms with van der Waals surface area (Å²) in [6, 6.07) is 0.488. The van der Waals surface area contributed by atoms with Gasteiger partial charge in [0.15, 0.2) is 0 Å². The van der Waals surface area contributed by atoms with Crippen molar-refractivity contribution in [3.8, 4) is 0 Å². The van der Waals surface area contributed by atoms with Gasteiger partial charge in [-0.15, -0.1) is 11.3 Å². The molecule has 13 heavy (non-hydrogen) atoms. The van der Waals surface area contributed by atoms with Crippen LogP contribution in [0.15, 0.2) is 5.38 Å². The van der Waals surface area contributed by atoms with Gasteiger partial charge in [-0.3, -0.25) is 0 Å². The molecule has 0 aromatic carbocycles. The molecule has 0 radical (unpaired) electrons. The molecule has 1 N–H and O–H groups in total. The summed E-state index contributed by atoms with van der Waals surface area (Å²) in [4.78, 5) is 4.51.